The molecule has 0 rings (SSSR count). The average Bonchev–Trinajstić information content (AvgIpc) is 2.22. The Morgan fingerprint density at radius 3 is 0.913 bits per heavy atom. The van der Waals surface area contributed by atoms with Gasteiger partial charge < -0.3 is 54.9 Å². The Hall–Kier alpha value is -0.474. The molecule has 0 fully saturated rings. The van der Waals surface area contributed by atoms with E-state index in [1.54, 1.807) is 0 Å². The molecule has 0 spiro atoms. The van der Waals surface area contributed by atoms with Crippen LogP contribution >= 0.6 is 0 Å². The van der Waals surface area contributed by atoms with Crippen molar-refractivity contribution in [3.63, 3.8) is 0 Å². The minimum Gasteiger partial charge on any atom is -0.544 e. The Morgan fingerprint density at radius 2 is 0.783 bits per heavy atom. The second-order valence-electron chi connectivity index (χ2n) is 4.20. The van der Waals surface area contributed by atoms with Gasteiger partial charge in [-0.15, -0.1) is 0 Å². The fraction of sp³-hybridized carbons (Fsp3) is 0.600. The predicted octanol–water partition coefficient (Wildman–Crippen LogP) is -14.4. The van der Waals surface area contributed by atoms with Gasteiger partial charge in [0.2, 0.25) is 0 Å². The summed E-state index contributed by atoms with van der Waals surface area (Å²) in [5, 5.41) is 41.7. The van der Waals surface area contributed by atoms with Crippen LogP contribution in [0.15, 0.2) is 0 Å². The standard InChI is InChI=1S/C10H16N2O8.Mg.Na.H2O/c13-7(14)3-11(4-8(15)16)1-2-12(5-9(17)18)6-10(19)20;;;/h1-6H2,(H,13,14)(H,15,16)(H,17,18)(H,19,20);;;1H2/q;+2;+1;/p-2. The van der Waals surface area contributed by atoms with Crippen molar-refractivity contribution in [2.75, 3.05) is 39.3 Å². The van der Waals surface area contributed by atoms with E-state index in [1.165, 1.54) is 0 Å². The maximum Gasteiger partial charge on any atom is 2.00 e. The molecule has 0 saturated heterocycles. The van der Waals surface area contributed by atoms with Crippen LogP contribution in [0.2, 0.25) is 0 Å². The summed E-state index contributed by atoms with van der Waals surface area (Å²) in [5.74, 6) is -5.93. The van der Waals surface area contributed by atoms with E-state index in [9.17, 15) is 39.6 Å². The van der Waals surface area contributed by atoms with Crippen molar-refractivity contribution in [2.24, 2.45) is 0 Å². The van der Waals surface area contributed by atoms with E-state index in [4.69, 9.17) is 0 Å². The van der Waals surface area contributed by atoms with E-state index in [-0.39, 0.29) is 81.0 Å². The molecule has 23 heavy (non-hydrogen) atoms. The van der Waals surface area contributed by atoms with Crippen LogP contribution < -0.4 is 59.8 Å². The van der Waals surface area contributed by atoms with Crippen molar-refractivity contribution in [3.05, 3.63) is 0 Å². The molecule has 0 unspecified atom stereocenters. The monoisotopic (exact) mass is 355 g/mol. The van der Waals surface area contributed by atoms with Crippen LogP contribution in [-0.4, -0.2) is 91.7 Å². The van der Waals surface area contributed by atoms with Crippen LogP contribution in [0.4, 0.5) is 0 Å². The smallest absolute Gasteiger partial charge is 0.544 e. The summed E-state index contributed by atoms with van der Waals surface area (Å²) in [6.45, 7) is -2.62. The molecule has 0 aromatic rings. The zero-order chi connectivity index (χ0) is 15.7. The van der Waals surface area contributed by atoms with Crippen molar-refractivity contribution in [3.8, 4) is 0 Å². The fourth-order valence-corrected chi connectivity index (χ4v) is 1.65. The number of nitrogens with one attached hydrogen (secondary N) is 2. The Kier molecular flexibility index (Phi) is 21.7. The number of carboxylic acids is 4. The molecule has 0 bridgehead atoms. The van der Waals surface area contributed by atoms with Gasteiger partial charge in [-0.1, -0.05) is 0 Å². The summed E-state index contributed by atoms with van der Waals surface area (Å²) in [6, 6.07) is 0. The Morgan fingerprint density at radius 1 is 0.609 bits per heavy atom. The molecule has 0 atom stereocenters. The van der Waals surface area contributed by atoms with E-state index in [0.29, 0.717) is 0 Å². The second kappa shape index (κ2) is 16.4. The number of quaternary nitrogens is 2. The van der Waals surface area contributed by atoms with Crippen LogP contribution in [0.25, 0.3) is 0 Å². The Balaban J connectivity index is -0.000000602. The van der Waals surface area contributed by atoms with Gasteiger partial charge in [0, 0.05) is 0 Å². The molecule has 0 aromatic heterocycles. The third-order valence-corrected chi connectivity index (χ3v) is 2.41. The summed E-state index contributed by atoms with van der Waals surface area (Å²) in [5.41, 5.74) is 0. The molecule has 0 radical (unpaired) electrons. The molecular formula is C10H16MgN2NaO9+. The molecule has 0 aliphatic rings. The minimum absolute atomic E-state index is 0. The van der Waals surface area contributed by atoms with E-state index >= 15 is 0 Å². The topological polar surface area (TPSA) is 201 Å². The van der Waals surface area contributed by atoms with E-state index in [0.717, 1.165) is 0 Å². The van der Waals surface area contributed by atoms with Crippen molar-refractivity contribution in [1.29, 1.82) is 0 Å². The van der Waals surface area contributed by atoms with Crippen LogP contribution in [0.1, 0.15) is 0 Å². The van der Waals surface area contributed by atoms with Gasteiger partial charge in [-0.2, -0.15) is 0 Å². The van der Waals surface area contributed by atoms with Gasteiger partial charge in [0.25, 0.3) is 0 Å². The summed E-state index contributed by atoms with van der Waals surface area (Å²) in [4.78, 5) is 41.8. The fourth-order valence-electron chi connectivity index (χ4n) is 1.65. The molecule has 0 aliphatic heterocycles. The van der Waals surface area contributed by atoms with Crippen molar-refractivity contribution < 1.29 is 84.4 Å². The van der Waals surface area contributed by atoms with Gasteiger partial charge in [-0.05, 0) is 0 Å². The summed E-state index contributed by atoms with van der Waals surface area (Å²) in [6.07, 6.45) is 0. The molecule has 0 aromatic carbocycles. The maximum absolute atomic E-state index is 10.4. The Bertz CT molecular complexity index is 329. The second-order valence-corrected chi connectivity index (χ2v) is 4.20. The maximum atomic E-state index is 10.4. The summed E-state index contributed by atoms with van der Waals surface area (Å²) in [7, 11) is 0. The number of rotatable bonds is 11. The first-order chi connectivity index (χ1) is 9.20. The van der Waals surface area contributed by atoms with Crippen molar-refractivity contribution >= 4 is 46.9 Å². The first kappa shape index (κ1) is 30.4. The number of carboxylic acid groups (broad SMARTS) is 4. The first-order valence-electron chi connectivity index (χ1n) is 5.67. The zero-order valence-corrected chi connectivity index (χ0v) is 16.1. The predicted molar refractivity (Wildman–Crippen MR) is 60.5 cm³/mol. The molecule has 4 N–H and O–H groups in total. The molecule has 0 aliphatic carbocycles. The first-order valence-corrected chi connectivity index (χ1v) is 5.67. The molecule has 13 heteroatoms. The number of carbonyl (C=O) groups excluding carboxylic acids is 4. The van der Waals surface area contributed by atoms with Crippen molar-refractivity contribution in [2.45, 2.75) is 0 Å². The largest absolute Gasteiger partial charge is 2.00 e. The zero-order valence-electron chi connectivity index (χ0n) is 12.7. The molecule has 0 saturated carbocycles. The van der Waals surface area contributed by atoms with Gasteiger partial charge in [0.05, 0.1) is 23.9 Å². The van der Waals surface area contributed by atoms with E-state index < -0.39 is 50.1 Å². The van der Waals surface area contributed by atoms with Gasteiger partial charge in [0.1, 0.15) is 39.3 Å². The van der Waals surface area contributed by atoms with Crippen LogP contribution in [0.3, 0.4) is 0 Å². The van der Waals surface area contributed by atoms with Gasteiger partial charge in [-0.25, -0.2) is 0 Å². The average molecular weight is 356 g/mol. The molecule has 11 nitrogen and oxygen atoms in total. The molecule has 0 heterocycles. The van der Waals surface area contributed by atoms with Gasteiger partial charge in [-0.3, -0.25) is 0 Å². The third-order valence-electron chi connectivity index (χ3n) is 2.41. The van der Waals surface area contributed by atoms with Crippen LogP contribution in [0.5, 0.6) is 0 Å². The minimum atomic E-state index is -1.48. The van der Waals surface area contributed by atoms with Crippen LogP contribution in [-0.2, 0) is 19.2 Å². The number of hydrogen-bond acceptors (Lipinski definition) is 8. The quantitative estimate of drug-likeness (QED) is 0.340. The Labute approximate surface area is 170 Å². The number of hydrogen-bond donors (Lipinski definition) is 2. The third kappa shape index (κ3) is 19.5. The van der Waals surface area contributed by atoms with E-state index in [2.05, 4.69) is 0 Å². The van der Waals surface area contributed by atoms with Gasteiger partial charge in [0.15, 0.2) is 0 Å². The normalized spacial score (nSPS) is 9.30. The van der Waals surface area contributed by atoms with Gasteiger partial charge >= 0.3 is 52.6 Å². The molecular weight excluding hydrogens is 339 g/mol. The SMILES string of the molecule is O.O=C([O-])C[NH+](CC[NH+](CC(=O)[O-])CC(=O)[O-])CC(=O)[O-].[Mg+2].[Na+]. The van der Waals surface area contributed by atoms with Crippen molar-refractivity contribution in [1.82, 2.24) is 0 Å². The molecule has 122 valence electrons. The molecule has 0 amide bonds. The summed E-state index contributed by atoms with van der Waals surface area (Å²) < 4.78 is 0. The van der Waals surface area contributed by atoms with E-state index in [1.807, 2.05) is 0 Å². The number of carbonyl (C=O) groups is 4. The van der Waals surface area contributed by atoms with Crippen LogP contribution in [0, 0.1) is 0 Å². The number of aliphatic carboxylic acids is 4. The summed E-state index contributed by atoms with van der Waals surface area (Å²) >= 11 is 0.